The number of para-hydroxylation sites is 1. The van der Waals surface area contributed by atoms with Crippen LogP contribution >= 0.6 is 23.5 Å². The molecule has 0 radical (unpaired) electrons. The molecule has 0 amide bonds. The Hall–Kier alpha value is -1.79. The third kappa shape index (κ3) is 5.92. The minimum Gasteiger partial charge on any atom is -0.496 e. The lowest BCUT2D eigenvalue weighted by Gasteiger charge is -2.37. The molecule has 2 aromatic rings. The molecule has 1 atom stereocenters. The molecule has 4 nitrogen and oxygen atoms in total. The first-order valence-corrected chi connectivity index (χ1v) is 13.1. The number of anilines is 2. The minimum atomic E-state index is -0.785. The maximum absolute atomic E-state index is 10.9. The summed E-state index contributed by atoms with van der Waals surface area (Å²) in [5.74, 6) is 1.86. The van der Waals surface area contributed by atoms with Crippen LogP contribution < -0.4 is 9.64 Å². The molecule has 1 aliphatic rings. The molecule has 1 unspecified atom stereocenters. The number of carboxylic acids is 1. The van der Waals surface area contributed by atoms with Gasteiger partial charge in [0.15, 0.2) is 0 Å². The van der Waals surface area contributed by atoms with E-state index in [-0.39, 0.29) is 11.2 Å². The van der Waals surface area contributed by atoms with Crippen LogP contribution in [0.3, 0.4) is 0 Å². The van der Waals surface area contributed by atoms with Gasteiger partial charge in [0.25, 0.3) is 0 Å². The summed E-state index contributed by atoms with van der Waals surface area (Å²) >= 11 is 3.35. The molecule has 3 rings (SSSR count). The van der Waals surface area contributed by atoms with Gasteiger partial charge in [0.2, 0.25) is 0 Å². The van der Waals surface area contributed by atoms with Crippen molar-refractivity contribution in [1.82, 2.24) is 0 Å². The molecule has 2 aromatic carbocycles. The number of methoxy groups -OCH3 is 1. The number of hydrogen-bond acceptors (Lipinski definition) is 5. The Morgan fingerprint density at radius 3 is 2.68 bits per heavy atom. The lowest BCUT2D eigenvalue weighted by molar-refractivity contribution is -0.133. The maximum atomic E-state index is 10.9. The SMILES string of the molecule is CCCCC1(CC)CSc2cc(CSCC(=O)O)c(OC)cc2N(c2ccccc2)C1. The summed E-state index contributed by atoms with van der Waals surface area (Å²) in [7, 11) is 1.70. The summed E-state index contributed by atoms with van der Waals surface area (Å²) in [6.45, 7) is 5.58. The molecular weight excluding hydrogens is 426 g/mol. The number of hydrogen-bond donors (Lipinski definition) is 1. The van der Waals surface area contributed by atoms with Gasteiger partial charge < -0.3 is 14.7 Å². The van der Waals surface area contributed by atoms with Crippen molar-refractivity contribution >= 4 is 40.9 Å². The van der Waals surface area contributed by atoms with E-state index in [1.807, 2.05) is 11.8 Å². The second kappa shape index (κ2) is 11.2. The predicted octanol–water partition coefficient (Wildman–Crippen LogP) is 6.84. The molecule has 0 spiro atoms. The van der Waals surface area contributed by atoms with Crippen molar-refractivity contribution in [2.45, 2.75) is 50.2 Å². The first kappa shape index (κ1) is 23.9. The fourth-order valence-electron chi connectivity index (χ4n) is 4.10. The Bertz CT molecular complexity index is 875. The molecule has 1 heterocycles. The molecular formula is C25H33NO3S2. The number of carboxylic acid groups (broad SMARTS) is 1. The number of nitrogens with zero attached hydrogens (tertiary/aromatic N) is 1. The molecule has 6 heteroatoms. The highest BCUT2D eigenvalue weighted by molar-refractivity contribution is 7.99. The van der Waals surface area contributed by atoms with Crippen LogP contribution in [0.25, 0.3) is 0 Å². The van der Waals surface area contributed by atoms with Gasteiger partial charge in [0, 0.05) is 40.3 Å². The zero-order valence-corrected chi connectivity index (χ0v) is 20.4. The maximum Gasteiger partial charge on any atom is 0.313 e. The second-order valence-corrected chi connectivity index (χ2v) is 10.2. The molecule has 0 saturated heterocycles. The van der Waals surface area contributed by atoms with E-state index < -0.39 is 5.97 Å². The molecule has 0 saturated carbocycles. The topological polar surface area (TPSA) is 49.8 Å². The average molecular weight is 460 g/mol. The second-order valence-electron chi connectivity index (χ2n) is 8.19. The summed E-state index contributed by atoms with van der Waals surface area (Å²) in [6.07, 6.45) is 4.83. The molecule has 31 heavy (non-hydrogen) atoms. The number of benzene rings is 2. The molecule has 1 aliphatic heterocycles. The first-order chi connectivity index (χ1) is 15.0. The summed E-state index contributed by atoms with van der Waals surface area (Å²) in [5, 5.41) is 9.00. The van der Waals surface area contributed by atoms with Gasteiger partial charge in [-0.3, -0.25) is 4.79 Å². The Balaban J connectivity index is 2.03. The standard InChI is InChI=1S/C25H33NO3S2/c1-4-6-12-25(5-2)17-26(20-10-8-7-9-11-20)21-14-22(29-3)19(13-23(21)31-18-25)15-30-16-24(27)28/h7-11,13-14H,4-6,12,15-18H2,1-3H3,(H,27,28). The van der Waals surface area contributed by atoms with Crippen molar-refractivity contribution in [3.8, 4) is 5.75 Å². The van der Waals surface area contributed by atoms with Gasteiger partial charge in [0.1, 0.15) is 5.75 Å². The number of carbonyl (C=O) groups is 1. The number of fused-ring (bicyclic) bond motifs is 1. The highest BCUT2D eigenvalue weighted by atomic mass is 32.2. The largest absolute Gasteiger partial charge is 0.496 e. The van der Waals surface area contributed by atoms with E-state index in [1.165, 1.54) is 47.3 Å². The Kier molecular flexibility index (Phi) is 8.61. The Labute approximate surface area is 194 Å². The zero-order valence-electron chi connectivity index (χ0n) is 18.7. The van der Waals surface area contributed by atoms with Crippen molar-refractivity contribution in [2.75, 3.05) is 30.1 Å². The van der Waals surface area contributed by atoms with E-state index in [1.54, 1.807) is 7.11 Å². The third-order valence-corrected chi connectivity index (χ3v) is 8.40. The number of thioether (sulfide) groups is 2. The van der Waals surface area contributed by atoms with Gasteiger partial charge in [0.05, 0.1) is 18.6 Å². The smallest absolute Gasteiger partial charge is 0.313 e. The number of aliphatic carboxylic acids is 1. The molecule has 168 valence electrons. The predicted molar refractivity (Wildman–Crippen MR) is 133 cm³/mol. The van der Waals surface area contributed by atoms with E-state index in [2.05, 4.69) is 61.2 Å². The van der Waals surface area contributed by atoms with Crippen LogP contribution in [-0.4, -0.2) is 36.2 Å². The number of ether oxygens (including phenoxy) is 1. The first-order valence-electron chi connectivity index (χ1n) is 11.0. The van der Waals surface area contributed by atoms with Crippen LogP contribution in [0.4, 0.5) is 11.4 Å². The highest BCUT2D eigenvalue weighted by Crippen LogP contribution is 2.48. The average Bonchev–Trinajstić information content (AvgIpc) is 2.95. The zero-order chi connectivity index (χ0) is 22.3. The lowest BCUT2D eigenvalue weighted by Crippen LogP contribution is -2.35. The van der Waals surface area contributed by atoms with Gasteiger partial charge >= 0.3 is 5.97 Å². The van der Waals surface area contributed by atoms with Crippen molar-refractivity contribution in [2.24, 2.45) is 5.41 Å². The van der Waals surface area contributed by atoms with E-state index in [0.29, 0.717) is 5.75 Å². The summed E-state index contributed by atoms with van der Waals surface area (Å²) in [5.41, 5.74) is 3.70. The highest BCUT2D eigenvalue weighted by Gasteiger charge is 2.35. The van der Waals surface area contributed by atoms with E-state index in [0.717, 1.165) is 30.0 Å². The van der Waals surface area contributed by atoms with Crippen molar-refractivity contribution < 1.29 is 14.6 Å². The molecule has 0 aromatic heterocycles. The Morgan fingerprint density at radius 1 is 1.26 bits per heavy atom. The lowest BCUT2D eigenvalue weighted by atomic mass is 9.81. The fraction of sp³-hybridized carbons (Fsp3) is 0.480. The van der Waals surface area contributed by atoms with Gasteiger partial charge in [-0.05, 0) is 36.5 Å². The van der Waals surface area contributed by atoms with Crippen LogP contribution in [0.5, 0.6) is 5.75 Å². The summed E-state index contributed by atoms with van der Waals surface area (Å²) in [6, 6.07) is 15.0. The van der Waals surface area contributed by atoms with Gasteiger partial charge in [-0.15, -0.1) is 23.5 Å². The van der Waals surface area contributed by atoms with E-state index in [9.17, 15) is 4.79 Å². The van der Waals surface area contributed by atoms with E-state index >= 15 is 0 Å². The summed E-state index contributed by atoms with van der Waals surface area (Å²) in [4.78, 5) is 14.7. The van der Waals surface area contributed by atoms with Crippen LogP contribution in [0.15, 0.2) is 47.4 Å². The van der Waals surface area contributed by atoms with Crippen molar-refractivity contribution in [3.63, 3.8) is 0 Å². The minimum absolute atomic E-state index is 0.0967. The number of unbranched alkanes of at least 4 members (excludes halogenated alkanes) is 1. The monoisotopic (exact) mass is 459 g/mol. The van der Waals surface area contributed by atoms with Crippen LogP contribution in [0.2, 0.25) is 0 Å². The molecule has 0 bridgehead atoms. The number of rotatable bonds is 10. The van der Waals surface area contributed by atoms with Gasteiger partial charge in [-0.2, -0.15) is 0 Å². The van der Waals surface area contributed by atoms with Crippen molar-refractivity contribution in [1.29, 1.82) is 0 Å². The van der Waals surface area contributed by atoms with Crippen LogP contribution in [-0.2, 0) is 10.5 Å². The van der Waals surface area contributed by atoms with E-state index in [4.69, 9.17) is 9.84 Å². The normalized spacial score (nSPS) is 18.4. The quantitative estimate of drug-likeness (QED) is 0.419. The van der Waals surface area contributed by atoms with Crippen LogP contribution in [0.1, 0.15) is 45.1 Å². The summed E-state index contributed by atoms with van der Waals surface area (Å²) < 4.78 is 5.74. The molecule has 0 aliphatic carbocycles. The van der Waals surface area contributed by atoms with Gasteiger partial charge in [-0.25, -0.2) is 0 Å². The Morgan fingerprint density at radius 2 is 2.03 bits per heavy atom. The fourth-order valence-corrected chi connectivity index (χ4v) is 6.26. The van der Waals surface area contributed by atoms with Crippen molar-refractivity contribution in [3.05, 3.63) is 48.0 Å². The van der Waals surface area contributed by atoms with Crippen LogP contribution in [0, 0.1) is 5.41 Å². The third-order valence-electron chi connectivity index (χ3n) is 6.04. The van der Waals surface area contributed by atoms with Gasteiger partial charge in [-0.1, -0.05) is 44.9 Å². The molecule has 1 N–H and O–H groups in total. The molecule has 0 fully saturated rings.